The average molecular weight is 336 g/mol. The molecular weight excluding hydrogens is 312 g/mol. The lowest BCUT2D eigenvalue weighted by Gasteiger charge is -2.61. The lowest BCUT2D eigenvalue weighted by Crippen LogP contribution is -2.58. The van der Waals surface area contributed by atoms with E-state index < -0.39 is 0 Å². The highest BCUT2D eigenvalue weighted by Crippen LogP contribution is 2.65. The van der Waals surface area contributed by atoms with E-state index in [9.17, 15) is 4.79 Å². The minimum atomic E-state index is -0.243. The number of carbonyl (C=O) groups excluding carboxylic acids is 1. The first-order valence-corrected chi connectivity index (χ1v) is 9.37. The average Bonchev–Trinajstić information content (AvgIpc) is 2.99. The predicted molar refractivity (Wildman–Crippen MR) is 95.1 cm³/mol. The molecule has 1 N–H and O–H groups in total. The van der Waals surface area contributed by atoms with Crippen LogP contribution in [0.2, 0.25) is 0 Å². The molecule has 4 saturated carbocycles. The van der Waals surface area contributed by atoms with Crippen LogP contribution in [0.1, 0.15) is 49.8 Å². The van der Waals surface area contributed by atoms with E-state index in [4.69, 9.17) is 4.52 Å². The number of aryl methyl sites for hydroxylation is 1. The molecule has 4 heteroatoms. The monoisotopic (exact) mass is 336 g/mol. The van der Waals surface area contributed by atoms with E-state index in [1.807, 2.05) is 6.92 Å². The molecule has 4 nitrogen and oxygen atoms in total. The molecule has 6 rings (SSSR count). The fraction of sp³-hybridized carbons (Fsp3) is 0.524. The second kappa shape index (κ2) is 5.20. The Morgan fingerprint density at radius 1 is 1.16 bits per heavy atom. The van der Waals surface area contributed by atoms with E-state index in [0.717, 1.165) is 25.0 Å². The van der Waals surface area contributed by atoms with Crippen LogP contribution in [0.15, 0.2) is 40.9 Å². The molecule has 2 aromatic rings. The summed E-state index contributed by atoms with van der Waals surface area (Å²) < 4.78 is 5.11. The van der Waals surface area contributed by atoms with Crippen LogP contribution in [0.25, 0.3) is 0 Å². The van der Waals surface area contributed by atoms with Crippen LogP contribution >= 0.6 is 0 Å². The van der Waals surface area contributed by atoms with Crippen molar-refractivity contribution in [1.29, 1.82) is 0 Å². The summed E-state index contributed by atoms with van der Waals surface area (Å²) in [4.78, 5) is 13.3. The maximum absolute atomic E-state index is 13.3. The number of aromatic nitrogens is 1. The minimum Gasteiger partial charge on any atom is -0.360 e. The molecule has 4 bridgehead atoms. The van der Waals surface area contributed by atoms with Gasteiger partial charge in [-0.05, 0) is 68.3 Å². The molecule has 130 valence electrons. The zero-order valence-corrected chi connectivity index (χ0v) is 14.6. The molecule has 0 saturated heterocycles. The third-order valence-corrected chi connectivity index (χ3v) is 6.80. The summed E-state index contributed by atoms with van der Waals surface area (Å²) in [7, 11) is 0. The molecule has 1 aromatic carbocycles. The Bertz CT molecular complexity index is 796. The van der Waals surface area contributed by atoms with Crippen molar-refractivity contribution < 1.29 is 9.32 Å². The molecule has 4 aliphatic rings. The predicted octanol–water partition coefficient (Wildman–Crippen LogP) is 4.46. The van der Waals surface area contributed by atoms with Crippen LogP contribution < -0.4 is 5.32 Å². The van der Waals surface area contributed by atoms with Gasteiger partial charge in [-0.1, -0.05) is 35.5 Å². The third-order valence-electron chi connectivity index (χ3n) is 6.80. The number of hydrogen-bond donors (Lipinski definition) is 1. The van der Waals surface area contributed by atoms with E-state index in [0.29, 0.717) is 17.7 Å². The second-order valence-electron chi connectivity index (χ2n) is 8.66. The van der Waals surface area contributed by atoms with Gasteiger partial charge >= 0.3 is 0 Å². The number of nitrogens with one attached hydrogen (secondary N) is 1. The fourth-order valence-electron chi connectivity index (χ4n) is 6.33. The normalized spacial score (nSPS) is 35.7. The van der Waals surface area contributed by atoms with Gasteiger partial charge in [-0.3, -0.25) is 4.79 Å². The molecule has 4 fully saturated rings. The Balaban J connectivity index is 1.48. The summed E-state index contributed by atoms with van der Waals surface area (Å²) in [6, 6.07) is 12.7. The number of hydrogen-bond acceptors (Lipinski definition) is 3. The highest BCUT2D eigenvalue weighted by Gasteiger charge is 2.60. The van der Waals surface area contributed by atoms with Crippen molar-refractivity contribution in [2.24, 2.45) is 17.3 Å². The lowest BCUT2D eigenvalue weighted by atomic mass is 9.42. The Kier molecular flexibility index (Phi) is 3.16. The maximum atomic E-state index is 13.3. The number of anilines is 1. The fourth-order valence-corrected chi connectivity index (χ4v) is 6.33. The topological polar surface area (TPSA) is 55.1 Å². The standard InChI is InChI=1S/C21H24N2O2/c1-14-7-18(23-25-14)22-19(24)21-11-15-8-16(12-21)10-20(9-15,13-21)17-5-3-2-4-6-17/h2-7,15-16H,8-13H2,1H3,(H,22,23,24). The van der Waals surface area contributed by atoms with E-state index in [2.05, 4.69) is 40.8 Å². The first kappa shape index (κ1) is 15.2. The number of carbonyl (C=O) groups is 1. The molecule has 0 aliphatic heterocycles. The Morgan fingerprint density at radius 3 is 2.52 bits per heavy atom. The highest BCUT2D eigenvalue weighted by molar-refractivity contribution is 5.95. The maximum Gasteiger partial charge on any atom is 0.231 e. The SMILES string of the molecule is Cc1cc(NC(=O)C23CC4CC(C2)CC(c2ccccc2)(C4)C3)no1. The van der Waals surface area contributed by atoms with Crippen molar-refractivity contribution in [2.45, 2.75) is 50.9 Å². The molecule has 2 unspecified atom stereocenters. The van der Waals surface area contributed by atoms with Crippen LogP contribution in [-0.4, -0.2) is 11.1 Å². The summed E-state index contributed by atoms with van der Waals surface area (Å²) in [6.45, 7) is 1.85. The minimum absolute atomic E-state index is 0.148. The van der Waals surface area contributed by atoms with Gasteiger partial charge in [0.1, 0.15) is 5.76 Å². The quantitative estimate of drug-likeness (QED) is 0.900. The molecule has 25 heavy (non-hydrogen) atoms. The number of nitrogens with zero attached hydrogens (tertiary/aromatic N) is 1. The van der Waals surface area contributed by atoms with Crippen molar-refractivity contribution in [3.8, 4) is 0 Å². The van der Waals surface area contributed by atoms with Gasteiger partial charge in [-0.25, -0.2) is 0 Å². The summed E-state index contributed by atoms with van der Waals surface area (Å²) in [6.07, 6.45) is 6.81. The van der Waals surface area contributed by atoms with Gasteiger partial charge < -0.3 is 9.84 Å². The van der Waals surface area contributed by atoms with Crippen LogP contribution in [-0.2, 0) is 10.2 Å². The summed E-state index contributed by atoms with van der Waals surface area (Å²) >= 11 is 0. The third kappa shape index (κ3) is 2.34. The number of amides is 1. The summed E-state index contributed by atoms with van der Waals surface area (Å²) in [5.41, 5.74) is 1.37. The summed E-state index contributed by atoms with van der Waals surface area (Å²) in [5, 5.41) is 7.00. The van der Waals surface area contributed by atoms with Crippen LogP contribution in [0.5, 0.6) is 0 Å². The number of rotatable bonds is 3. The smallest absolute Gasteiger partial charge is 0.231 e. The van der Waals surface area contributed by atoms with Crippen molar-refractivity contribution in [3.63, 3.8) is 0 Å². The first-order chi connectivity index (χ1) is 12.1. The first-order valence-electron chi connectivity index (χ1n) is 9.37. The van der Waals surface area contributed by atoms with Gasteiger partial charge in [0.25, 0.3) is 0 Å². The summed E-state index contributed by atoms with van der Waals surface area (Å²) in [5.74, 6) is 2.77. The molecule has 2 atom stereocenters. The van der Waals surface area contributed by atoms with Crippen LogP contribution in [0, 0.1) is 24.2 Å². The van der Waals surface area contributed by atoms with E-state index in [1.54, 1.807) is 6.07 Å². The molecule has 1 amide bonds. The van der Waals surface area contributed by atoms with Gasteiger partial charge in [0.15, 0.2) is 5.82 Å². The lowest BCUT2D eigenvalue weighted by molar-refractivity contribution is -0.143. The highest BCUT2D eigenvalue weighted by atomic mass is 16.5. The Morgan fingerprint density at radius 2 is 1.88 bits per heavy atom. The number of benzene rings is 1. The molecule has 1 heterocycles. The van der Waals surface area contributed by atoms with Crippen molar-refractivity contribution in [1.82, 2.24) is 5.16 Å². The molecule has 0 spiro atoms. The van der Waals surface area contributed by atoms with Gasteiger partial charge in [0, 0.05) is 6.07 Å². The van der Waals surface area contributed by atoms with Crippen LogP contribution in [0.4, 0.5) is 5.82 Å². The molecule has 1 aromatic heterocycles. The zero-order valence-electron chi connectivity index (χ0n) is 14.6. The second-order valence-corrected chi connectivity index (χ2v) is 8.66. The Labute approximate surface area is 148 Å². The van der Waals surface area contributed by atoms with E-state index in [-0.39, 0.29) is 16.7 Å². The Hall–Kier alpha value is -2.10. The van der Waals surface area contributed by atoms with Crippen LogP contribution in [0.3, 0.4) is 0 Å². The van der Waals surface area contributed by atoms with Gasteiger partial charge in [-0.15, -0.1) is 0 Å². The molecular formula is C21H24N2O2. The van der Waals surface area contributed by atoms with Crippen molar-refractivity contribution >= 4 is 11.7 Å². The zero-order chi connectivity index (χ0) is 17.1. The van der Waals surface area contributed by atoms with Gasteiger partial charge in [0.05, 0.1) is 5.41 Å². The largest absolute Gasteiger partial charge is 0.360 e. The van der Waals surface area contributed by atoms with E-state index in [1.165, 1.54) is 24.8 Å². The van der Waals surface area contributed by atoms with Crippen molar-refractivity contribution in [2.75, 3.05) is 5.32 Å². The van der Waals surface area contributed by atoms with Gasteiger partial charge in [-0.2, -0.15) is 0 Å². The molecule has 0 radical (unpaired) electrons. The van der Waals surface area contributed by atoms with Gasteiger partial charge in [0.2, 0.25) is 5.91 Å². The molecule has 4 aliphatic carbocycles. The van der Waals surface area contributed by atoms with E-state index >= 15 is 0 Å². The van der Waals surface area contributed by atoms with Crippen molar-refractivity contribution in [3.05, 3.63) is 47.7 Å².